The summed E-state index contributed by atoms with van der Waals surface area (Å²) in [5.41, 5.74) is 3.07. The second kappa shape index (κ2) is 10.3. The van der Waals surface area contributed by atoms with E-state index >= 15 is 0 Å². The number of sulfonamides is 1. The number of piperidine rings is 3. The monoisotopic (exact) mass is 542 g/mol. The number of nitrogens with zero attached hydrogens (tertiary/aromatic N) is 3. The number of fused-ring (bicyclic) bond motifs is 5. The van der Waals surface area contributed by atoms with Crippen LogP contribution in [-0.2, 0) is 16.4 Å². The van der Waals surface area contributed by atoms with E-state index < -0.39 is 16.1 Å². The van der Waals surface area contributed by atoms with E-state index in [0.29, 0.717) is 23.1 Å². The van der Waals surface area contributed by atoms with Crippen molar-refractivity contribution in [1.82, 2.24) is 19.6 Å². The maximum Gasteiger partial charge on any atom is 0.243 e. The molecule has 7 nitrogen and oxygen atoms in total. The summed E-state index contributed by atoms with van der Waals surface area (Å²) < 4.78 is 37.2. The number of ether oxygens (including phenoxy) is 1. The van der Waals surface area contributed by atoms with Gasteiger partial charge in [-0.2, -0.15) is 0 Å². The molecule has 2 aromatic heterocycles. The van der Waals surface area contributed by atoms with Crippen LogP contribution in [0.3, 0.4) is 0 Å². The van der Waals surface area contributed by atoms with Gasteiger partial charge in [0.25, 0.3) is 0 Å². The van der Waals surface area contributed by atoms with Gasteiger partial charge in [-0.3, -0.25) is 14.9 Å². The van der Waals surface area contributed by atoms with Crippen molar-refractivity contribution in [3.8, 4) is 5.75 Å². The fraction of sp³-hybridized carbons (Fsp3) is 0.355. The molecule has 5 heterocycles. The fourth-order valence-corrected chi connectivity index (χ4v) is 7.84. The number of para-hydroxylation sites is 1. The van der Waals surface area contributed by atoms with E-state index in [-0.39, 0.29) is 10.9 Å². The summed E-state index contributed by atoms with van der Waals surface area (Å²) in [7, 11) is -2.30. The predicted molar refractivity (Wildman–Crippen MR) is 154 cm³/mol. The number of methoxy groups -OCH3 is 1. The third kappa shape index (κ3) is 4.71. The van der Waals surface area contributed by atoms with E-state index in [1.54, 1.807) is 25.4 Å². The lowest BCUT2D eigenvalue weighted by Crippen LogP contribution is -2.57. The molecule has 3 saturated heterocycles. The molecule has 1 N–H and O–H groups in total. The van der Waals surface area contributed by atoms with Crippen molar-refractivity contribution in [3.63, 3.8) is 0 Å². The van der Waals surface area contributed by atoms with Gasteiger partial charge in [0.05, 0.1) is 24.2 Å². The van der Waals surface area contributed by atoms with E-state index in [0.717, 1.165) is 59.9 Å². The molecule has 7 rings (SSSR count). The summed E-state index contributed by atoms with van der Waals surface area (Å²) >= 11 is 0. The van der Waals surface area contributed by atoms with Crippen molar-refractivity contribution in [2.24, 2.45) is 11.8 Å². The van der Waals surface area contributed by atoms with Gasteiger partial charge in [0, 0.05) is 35.2 Å². The maximum absolute atomic E-state index is 14.2. The second-order valence-electron chi connectivity index (χ2n) is 10.6. The zero-order valence-electron chi connectivity index (χ0n) is 22.4. The molecular weight excluding hydrogens is 508 g/mol. The molecule has 1 unspecified atom stereocenters. The van der Waals surface area contributed by atoms with Gasteiger partial charge in [0.15, 0.2) is 0 Å². The number of pyridine rings is 2. The minimum absolute atomic E-state index is 0.000615. The van der Waals surface area contributed by atoms with Gasteiger partial charge in [-0.05, 0) is 79.6 Å². The van der Waals surface area contributed by atoms with E-state index in [1.807, 2.05) is 49.4 Å². The van der Waals surface area contributed by atoms with Crippen LogP contribution in [0.4, 0.5) is 0 Å². The summed E-state index contributed by atoms with van der Waals surface area (Å²) in [6, 6.07) is 16.5. The molecule has 4 aromatic rings. The van der Waals surface area contributed by atoms with Crippen molar-refractivity contribution in [2.45, 2.75) is 43.2 Å². The largest absolute Gasteiger partial charge is 0.497 e. The van der Waals surface area contributed by atoms with Crippen LogP contribution in [0.15, 0.2) is 78.3 Å². The SMILES string of the molecule is C=C[C@H]1CN2CC[C@H]1C[C@H]2[C@@H](NS(=O)(=O)c1cccc2ccc(CC)nc12)c1ccnc2ccc(OC)cc12. The molecule has 3 aliphatic heterocycles. The third-order valence-corrected chi connectivity index (χ3v) is 10.0. The topological polar surface area (TPSA) is 84.4 Å². The van der Waals surface area contributed by atoms with Gasteiger partial charge in [0.1, 0.15) is 10.6 Å². The van der Waals surface area contributed by atoms with Crippen LogP contribution < -0.4 is 9.46 Å². The first-order chi connectivity index (χ1) is 18.9. The molecule has 2 aromatic carbocycles. The zero-order chi connectivity index (χ0) is 27.1. The number of rotatable bonds is 8. The van der Waals surface area contributed by atoms with Crippen LogP contribution in [0.25, 0.3) is 21.8 Å². The van der Waals surface area contributed by atoms with Crippen molar-refractivity contribution in [1.29, 1.82) is 0 Å². The van der Waals surface area contributed by atoms with Crippen LogP contribution in [0.5, 0.6) is 5.75 Å². The molecule has 3 fully saturated rings. The molecule has 2 bridgehead atoms. The van der Waals surface area contributed by atoms with E-state index in [4.69, 9.17) is 9.72 Å². The molecular formula is C31H34N4O3S. The number of aryl methyl sites for hydroxylation is 1. The van der Waals surface area contributed by atoms with Gasteiger partial charge in [-0.1, -0.05) is 31.2 Å². The first kappa shape index (κ1) is 25.9. The zero-order valence-corrected chi connectivity index (χ0v) is 23.2. The Kier molecular flexibility index (Phi) is 6.87. The average molecular weight is 543 g/mol. The lowest BCUT2D eigenvalue weighted by molar-refractivity contribution is 0.00490. The molecule has 8 heteroatoms. The molecule has 0 aliphatic carbocycles. The minimum Gasteiger partial charge on any atom is -0.497 e. The molecule has 0 spiro atoms. The lowest BCUT2D eigenvalue weighted by Gasteiger charge is -2.51. The third-order valence-electron chi connectivity index (χ3n) is 8.53. The first-order valence-corrected chi connectivity index (χ1v) is 15.1. The first-order valence-electron chi connectivity index (χ1n) is 13.6. The Bertz CT molecular complexity index is 1650. The summed E-state index contributed by atoms with van der Waals surface area (Å²) in [5, 5.41) is 1.69. The molecule has 0 saturated carbocycles. The Morgan fingerprint density at radius 2 is 2.08 bits per heavy atom. The van der Waals surface area contributed by atoms with Crippen molar-refractivity contribution < 1.29 is 13.2 Å². The Morgan fingerprint density at radius 3 is 2.82 bits per heavy atom. The van der Waals surface area contributed by atoms with Crippen LogP contribution in [0.2, 0.25) is 0 Å². The summed E-state index contributed by atoms with van der Waals surface area (Å²) in [6.07, 6.45) is 6.55. The maximum atomic E-state index is 14.2. The molecule has 5 atom stereocenters. The van der Waals surface area contributed by atoms with Crippen molar-refractivity contribution >= 4 is 31.8 Å². The predicted octanol–water partition coefficient (Wildman–Crippen LogP) is 5.27. The Balaban J connectivity index is 1.49. The smallest absolute Gasteiger partial charge is 0.243 e. The summed E-state index contributed by atoms with van der Waals surface area (Å²) in [6.45, 7) is 7.92. The van der Waals surface area contributed by atoms with E-state index in [2.05, 4.69) is 27.3 Å². The van der Waals surface area contributed by atoms with E-state index in [9.17, 15) is 8.42 Å². The average Bonchev–Trinajstić information content (AvgIpc) is 2.98. The standard InChI is InChI=1S/C31H34N4O3S/c1-4-20-19-35-16-14-22(20)17-28(35)31(25-13-15-32-27-12-11-24(38-3)18-26(25)27)34-39(36,37)29-8-6-7-21-9-10-23(5-2)33-30(21)29/h4,6-13,15,18,20,22,28,31,34H,1,5,14,16-17,19H2,2-3H3/t20-,22-,28-,31-/m0/s1. The molecule has 0 radical (unpaired) electrons. The lowest BCUT2D eigenvalue weighted by atomic mass is 9.73. The quantitative estimate of drug-likeness (QED) is 0.306. The fourth-order valence-electron chi connectivity index (χ4n) is 6.42. The Labute approximate surface area is 230 Å². The highest BCUT2D eigenvalue weighted by Crippen LogP contribution is 2.43. The van der Waals surface area contributed by atoms with Crippen LogP contribution in [0.1, 0.15) is 37.1 Å². The highest BCUT2D eigenvalue weighted by Gasteiger charge is 2.44. The number of benzene rings is 2. The van der Waals surface area contributed by atoms with Gasteiger partial charge in [-0.15, -0.1) is 6.58 Å². The Hall–Kier alpha value is -3.33. The molecule has 3 aliphatic rings. The second-order valence-corrected chi connectivity index (χ2v) is 12.3. The van der Waals surface area contributed by atoms with E-state index in [1.165, 1.54) is 0 Å². The number of nitrogens with one attached hydrogen (secondary N) is 1. The van der Waals surface area contributed by atoms with Crippen molar-refractivity contribution in [2.75, 3.05) is 20.2 Å². The molecule has 39 heavy (non-hydrogen) atoms. The highest BCUT2D eigenvalue weighted by molar-refractivity contribution is 7.89. The van der Waals surface area contributed by atoms with Gasteiger partial charge < -0.3 is 4.74 Å². The molecule has 202 valence electrons. The number of hydrogen-bond donors (Lipinski definition) is 1. The number of hydrogen-bond acceptors (Lipinski definition) is 6. The van der Waals surface area contributed by atoms with Gasteiger partial charge in [0.2, 0.25) is 10.0 Å². The van der Waals surface area contributed by atoms with Crippen molar-refractivity contribution in [3.05, 3.63) is 84.7 Å². The normalized spacial score (nSPS) is 23.6. The minimum atomic E-state index is -3.94. The Morgan fingerprint density at radius 1 is 1.21 bits per heavy atom. The summed E-state index contributed by atoms with van der Waals surface area (Å²) in [4.78, 5) is 11.9. The highest BCUT2D eigenvalue weighted by atomic mass is 32.2. The summed E-state index contributed by atoms with van der Waals surface area (Å²) in [5.74, 6) is 1.62. The van der Waals surface area contributed by atoms with Crippen LogP contribution in [0, 0.1) is 11.8 Å². The van der Waals surface area contributed by atoms with Crippen LogP contribution in [-0.4, -0.2) is 49.5 Å². The van der Waals surface area contributed by atoms with Gasteiger partial charge >= 0.3 is 0 Å². The van der Waals surface area contributed by atoms with Gasteiger partial charge in [-0.25, -0.2) is 13.1 Å². The van der Waals surface area contributed by atoms with Crippen LogP contribution >= 0.6 is 0 Å². The molecule has 0 amide bonds. The number of aromatic nitrogens is 2.